The van der Waals surface area contributed by atoms with Crippen LogP contribution in [0.4, 0.5) is 10.5 Å². The van der Waals surface area contributed by atoms with E-state index in [1.165, 1.54) is 21.0 Å². The first kappa shape index (κ1) is 23.8. The number of methoxy groups -OCH3 is 1. The van der Waals surface area contributed by atoms with Crippen LogP contribution in [0.15, 0.2) is 60.8 Å². The minimum Gasteiger partial charge on any atom is -0.497 e. The Morgan fingerprint density at radius 2 is 1.89 bits per heavy atom. The summed E-state index contributed by atoms with van der Waals surface area (Å²) in [5.41, 5.74) is 7.88. The van der Waals surface area contributed by atoms with E-state index >= 15 is 0 Å². The third kappa shape index (κ3) is 4.12. The van der Waals surface area contributed by atoms with Crippen molar-refractivity contribution in [3.05, 3.63) is 99.2 Å². The Bertz CT molecular complexity index is 1490. The molecule has 37 heavy (non-hydrogen) atoms. The van der Waals surface area contributed by atoms with Gasteiger partial charge in [0.25, 0.3) is 0 Å². The number of aromatic nitrogens is 1. The molecule has 0 aliphatic carbocycles. The Balaban J connectivity index is 1.51. The molecule has 0 fully saturated rings. The van der Waals surface area contributed by atoms with Crippen LogP contribution >= 0.6 is 11.3 Å². The molecule has 0 saturated carbocycles. The number of likely N-dealkylation sites (N-methyl/N-ethyl adjacent to an activating group) is 1. The maximum atomic E-state index is 14.2. The predicted octanol–water partition coefficient (Wildman–Crippen LogP) is 6.29. The Morgan fingerprint density at radius 3 is 2.73 bits per heavy atom. The molecule has 1 unspecified atom stereocenters. The number of benzene rings is 2. The summed E-state index contributed by atoms with van der Waals surface area (Å²) >= 11 is 1.87. The maximum Gasteiger partial charge on any atom is 0.322 e. The molecule has 0 radical (unpaired) electrons. The second-order valence-electron chi connectivity index (χ2n) is 10.1. The first-order chi connectivity index (χ1) is 17.9. The van der Waals surface area contributed by atoms with E-state index < -0.39 is 0 Å². The summed E-state index contributed by atoms with van der Waals surface area (Å²) < 4.78 is 7.87. The molecule has 1 N–H and O–H groups in total. The summed E-state index contributed by atoms with van der Waals surface area (Å²) in [5, 5.41) is 4.48. The number of carbonyl (C=O) groups is 1. The van der Waals surface area contributed by atoms with Crippen LogP contribution in [0.25, 0.3) is 5.00 Å². The number of aryl methyl sites for hydroxylation is 1. The first-order valence-corrected chi connectivity index (χ1v) is 13.5. The van der Waals surface area contributed by atoms with Gasteiger partial charge in [0.15, 0.2) is 0 Å². The number of hydrogen-bond acceptors (Lipinski definition) is 4. The molecular weight excluding hydrogens is 480 g/mol. The van der Waals surface area contributed by atoms with E-state index in [0.717, 1.165) is 53.3 Å². The van der Waals surface area contributed by atoms with Crippen molar-refractivity contribution in [2.24, 2.45) is 0 Å². The fourth-order valence-corrected chi connectivity index (χ4v) is 7.03. The lowest BCUT2D eigenvalue weighted by atomic mass is 10.00. The lowest BCUT2D eigenvalue weighted by Gasteiger charge is -2.32. The van der Waals surface area contributed by atoms with Crippen molar-refractivity contribution in [3.8, 4) is 10.8 Å². The van der Waals surface area contributed by atoms with E-state index in [4.69, 9.17) is 4.74 Å². The molecule has 190 valence electrons. The highest BCUT2D eigenvalue weighted by Gasteiger charge is 2.36. The summed E-state index contributed by atoms with van der Waals surface area (Å²) in [7, 11) is 3.86. The van der Waals surface area contributed by atoms with Crippen LogP contribution in [-0.4, -0.2) is 41.1 Å². The maximum absolute atomic E-state index is 14.2. The summed E-state index contributed by atoms with van der Waals surface area (Å²) in [5.74, 6) is 0.782. The van der Waals surface area contributed by atoms with Gasteiger partial charge in [0, 0.05) is 35.4 Å². The van der Waals surface area contributed by atoms with Crippen LogP contribution in [0, 0.1) is 13.8 Å². The lowest BCUT2D eigenvalue weighted by molar-refractivity contribution is 0.194. The molecule has 6 rings (SSSR count). The Morgan fingerprint density at radius 1 is 1.05 bits per heavy atom. The molecule has 4 heterocycles. The number of nitrogens with zero attached hydrogens (tertiary/aromatic N) is 3. The van der Waals surface area contributed by atoms with Gasteiger partial charge in [0.1, 0.15) is 10.8 Å². The van der Waals surface area contributed by atoms with Gasteiger partial charge in [-0.05, 0) is 79.9 Å². The molecule has 2 aliphatic heterocycles. The van der Waals surface area contributed by atoms with Crippen LogP contribution < -0.4 is 10.1 Å². The average Bonchev–Trinajstić information content (AvgIpc) is 3.48. The highest BCUT2D eigenvalue weighted by molar-refractivity contribution is 7.15. The topological polar surface area (TPSA) is 49.7 Å². The molecule has 0 spiro atoms. The van der Waals surface area contributed by atoms with E-state index in [1.54, 1.807) is 7.11 Å². The van der Waals surface area contributed by atoms with Gasteiger partial charge in [-0.1, -0.05) is 24.3 Å². The van der Waals surface area contributed by atoms with Crippen LogP contribution in [0.2, 0.25) is 0 Å². The average molecular weight is 513 g/mol. The van der Waals surface area contributed by atoms with Gasteiger partial charge in [0.2, 0.25) is 0 Å². The SMILES string of the molecule is COc1cccc(C2c3cccn3-c3sc4c(c3CN2C(=O)Nc2cccc(C)c2C)CCN(C)C4)c1. The van der Waals surface area contributed by atoms with Crippen LogP contribution in [0.3, 0.4) is 0 Å². The van der Waals surface area contributed by atoms with Crippen molar-refractivity contribution in [1.82, 2.24) is 14.4 Å². The van der Waals surface area contributed by atoms with Crippen molar-refractivity contribution < 1.29 is 9.53 Å². The molecule has 6 nitrogen and oxygen atoms in total. The van der Waals surface area contributed by atoms with Crippen LogP contribution in [-0.2, 0) is 19.5 Å². The van der Waals surface area contributed by atoms with E-state index in [1.807, 2.05) is 46.6 Å². The standard InChI is InChI=1S/C30H32N4O2S/c1-19-8-5-11-25(20(19)2)31-30(35)34-17-24-23-13-15-32(3)18-27(23)37-29(24)33-14-7-12-26(33)28(34)21-9-6-10-22(16-21)36-4/h5-12,14,16,28H,13,15,17-18H2,1-4H3,(H,31,35). The number of carbonyl (C=O) groups excluding carboxylic acids is 1. The minimum atomic E-state index is -0.267. The van der Waals surface area contributed by atoms with Gasteiger partial charge in [-0.3, -0.25) is 0 Å². The predicted molar refractivity (Wildman–Crippen MR) is 149 cm³/mol. The summed E-state index contributed by atoms with van der Waals surface area (Å²) in [4.78, 5) is 20.0. The number of thiophene rings is 1. The molecule has 2 amide bonds. The number of anilines is 1. The van der Waals surface area contributed by atoms with Gasteiger partial charge < -0.3 is 24.4 Å². The number of urea groups is 1. The Hall–Kier alpha value is -3.55. The zero-order chi connectivity index (χ0) is 25.7. The molecule has 1 atom stereocenters. The largest absolute Gasteiger partial charge is 0.497 e. The number of ether oxygens (including phenoxy) is 1. The monoisotopic (exact) mass is 512 g/mol. The normalized spacial score (nSPS) is 17.0. The highest BCUT2D eigenvalue weighted by atomic mass is 32.1. The van der Waals surface area contributed by atoms with Gasteiger partial charge in [-0.25, -0.2) is 4.79 Å². The van der Waals surface area contributed by atoms with Gasteiger partial charge in [-0.2, -0.15) is 0 Å². The molecular formula is C30H32N4O2S. The first-order valence-electron chi connectivity index (χ1n) is 12.7. The number of hydrogen-bond donors (Lipinski definition) is 1. The molecule has 0 saturated heterocycles. The Labute approximate surface area is 222 Å². The number of amides is 2. The quantitative estimate of drug-likeness (QED) is 0.351. The fraction of sp³-hybridized carbons (Fsp3) is 0.300. The van der Waals surface area contributed by atoms with E-state index in [2.05, 4.69) is 66.1 Å². The molecule has 4 aromatic rings. The number of nitrogens with one attached hydrogen (secondary N) is 1. The zero-order valence-corrected chi connectivity index (χ0v) is 22.6. The van der Waals surface area contributed by atoms with Crippen molar-refractivity contribution in [2.45, 2.75) is 39.4 Å². The van der Waals surface area contributed by atoms with Crippen LogP contribution in [0.1, 0.15) is 44.4 Å². The third-order valence-corrected chi connectivity index (χ3v) is 9.03. The molecule has 2 aromatic heterocycles. The summed E-state index contributed by atoms with van der Waals surface area (Å²) in [6, 6.07) is 18.0. The van der Waals surface area contributed by atoms with Crippen LogP contribution in [0.5, 0.6) is 5.75 Å². The van der Waals surface area contributed by atoms with Gasteiger partial charge in [0.05, 0.1) is 25.4 Å². The summed E-state index contributed by atoms with van der Waals surface area (Å²) in [6.45, 7) is 6.66. The molecule has 2 aliphatic rings. The fourth-order valence-electron chi connectivity index (χ4n) is 5.59. The van der Waals surface area contributed by atoms with E-state index in [9.17, 15) is 4.79 Å². The van der Waals surface area contributed by atoms with Gasteiger partial charge >= 0.3 is 6.03 Å². The number of fused-ring (bicyclic) bond motifs is 5. The minimum absolute atomic E-state index is 0.102. The second-order valence-corrected chi connectivity index (χ2v) is 11.1. The van der Waals surface area contributed by atoms with Crippen molar-refractivity contribution in [1.29, 1.82) is 0 Å². The second kappa shape index (κ2) is 9.39. The number of rotatable bonds is 3. The molecule has 7 heteroatoms. The molecule has 0 bridgehead atoms. The third-order valence-electron chi connectivity index (χ3n) is 7.77. The van der Waals surface area contributed by atoms with E-state index in [-0.39, 0.29) is 12.1 Å². The van der Waals surface area contributed by atoms with Crippen molar-refractivity contribution >= 4 is 23.1 Å². The molecule has 2 aromatic carbocycles. The highest BCUT2D eigenvalue weighted by Crippen LogP contribution is 2.44. The summed E-state index contributed by atoms with van der Waals surface area (Å²) in [6.07, 6.45) is 3.14. The Kier molecular flexibility index (Phi) is 6.05. The van der Waals surface area contributed by atoms with Crippen molar-refractivity contribution in [2.75, 3.05) is 26.0 Å². The van der Waals surface area contributed by atoms with Crippen molar-refractivity contribution in [3.63, 3.8) is 0 Å². The van der Waals surface area contributed by atoms with Gasteiger partial charge in [-0.15, -0.1) is 11.3 Å². The lowest BCUT2D eigenvalue weighted by Crippen LogP contribution is -2.38. The smallest absolute Gasteiger partial charge is 0.322 e. The van der Waals surface area contributed by atoms with E-state index in [0.29, 0.717) is 6.54 Å². The zero-order valence-electron chi connectivity index (χ0n) is 21.7.